The van der Waals surface area contributed by atoms with Crippen molar-refractivity contribution in [3.63, 3.8) is 0 Å². The van der Waals surface area contributed by atoms with Gasteiger partial charge in [0.15, 0.2) is 0 Å². The summed E-state index contributed by atoms with van der Waals surface area (Å²) < 4.78 is 0. The molecule has 0 amide bonds. The first kappa shape index (κ1) is 35.1. The van der Waals surface area contributed by atoms with Crippen LogP contribution < -0.4 is 10.6 Å². The number of alkyl halides is 1. The Bertz CT molecular complexity index is 501. The molecule has 2 saturated heterocycles. The van der Waals surface area contributed by atoms with Crippen molar-refractivity contribution < 1.29 is 16.4 Å². The maximum absolute atomic E-state index is 6.17. The standard InChI is InChI=1S/C19H33ClN2.C4H9N.CH4.3H2O/c1-14(2)18(21-5)12-22-11-10-17(19(3,4)13-22)15-6-8-16(20)9-7-15;1-2-4-5-3-1;;;;/h6-8,14,16-18,21H,9-13H2,1-5H3;5H,1-4H2;1H4;3*1H2/t16?,17?,18-;;;;;/m0...../s1. The van der Waals surface area contributed by atoms with Crippen molar-refractivity contribution in [2.24, 2.45) is 17.3 Å². The van der Waals surface area contributed by atoms with Crippen molar-refractivity contribution in [1.82, 2.24) is 15.5 Å². The summed E-state index contributed by atoms with van der Waals surface area (Å²) in [5, 5.41) is 6.89. The second-order valence-corrected chi connectivity index (χ2v) is 10.0. The van der Waals surface area contributed by atoms with Crippen LogP contribution in [-0.2, 0) is 0 Å². The maximum Gasteiger partial charge on any atom is 0.0553 e. The van der Waals surface area contributed by atoms with Gasteiger partial charge < -0.3 is 32.0 Å². The Kier molecular flexibility index (Phi) is 19.3. The molecule has 0 aromatic rings. The molecule has 3 rings (SSSR count). The third-order valence-electron chi connectivity index (χ3n) is 6.37. The summed E-state index contributed by atoms with van der Waals surface area (Å²) in [5.41, 5.74) is 1.83. The Labute approximate surface area is 196 Å². The van der Waals surface area contributed by atoms with E-state index in [1.165, 1.54) is 51.0 Å². The largest absolute Gasteiger partial charge is 0.412 e. The second kappa shape index (κ2) is 17.1. The average molecular weight is 466 g/mol. The third kappa shape index (κ3) is 11.3. The lowest BCUT2D eigenvalue weighted by Gasteiger charge is -2.46. The first-order valence-corrected chi connectivity index (χ1v) is 11.4. The number of piperidine rings is 1. The zero-order valence-corrected chi connectivity index (χ0v) is 20.5. The molecule has 1 aliphatic carbocycles. The number of nitrogens with one attached hydrogen (secondary N) is 2. The van der Waals surface area contributed by atoms with E-state index in [0.29, 0.717) is 23.3 Å². The van der Waals surface area contributed by atoms with E-state index in [9.17, 15) is 0 Å². The van der Waals surface area contributed by atoms with Crippen LogP contribution in [0.15, 0.2) is 23.8 Å². The summed E-state index contributed by atoms with van der Waals surface area (Å²) in [6.07, 6.45) is 11.8. The van der Waals surface area contributed by atoms with Crippen molar-refractivity contribution in [2.75, 3.05) is 39.8 Å². The number of hydrogen-bond donors (Lipinski definition) is 2. The van der Waals surface area contributed by atoms with Crippen LogP contribution in [0.1, 0.15) is 60.8 Å². The molecule has 31 heavy (non-hydrogen) atoms. The quantitative estimate of drug-likeness (QED) is 0.606. The normalized spacial score (nSPS) is 25.5. The van der Waals surface area contributed by atoms with Gasteiger partial charge in [0.25, 0.3) is 0 Å². The molecule has 2 heterocycles. The zero-order valence-electron chi connectivity index (χ0n) is 19.7. The third-order valence-corrected chi connectivity index (χ3v) is 6.70. The van der Waals surface area contributed by atoms with Gasteiger partial charge in [0.05, 0.1) is 5.38 Å². The van der Waals surface area contributed by atoms with Crippen LogP contribution in [0.3, 0.4) is 0 Å². The van der Waals surface area contributed by atoms with Crippen molar-refractivity contribution >= 4 is 11.6 Å². The van der Waals surface area contributed by atoms with Crippen molar-refractivity contribution in [3.05, 3.63) is 23.8 Å². The molecule has 8 N–H and O–H groups in total. The van der Waals surface area contributed by atoms with Gasteiger partial charge in [0.2, 0.25) is 0 Å². The first-order chi connectivity index (χ1) is 12.8. The smallest absolute Gasteiger partial charge is 0.0553 e. The van der Waals surface area contributed by atoms with Crippen LogP contribution in [0.2, 0.25) is 0 Å². The number of hydrogen-bond acceptors (Lipinski definition) is 3. The molecule has 3 aliphatic rings. The van der Waals surface area contributed by atoms with E-state index in [2.05, 4.69) is 68.5 Å². The molecule has 6 nitrogen and oxygen atoms in total. The summed E-state index contributed by atoms with van der Waals surface area (Å²) in [5.74, 6) is 1.34. The highest BCUT2D eigenvalue weighted by Gasteiger charge is 2.38. The lowest BCUT2D eigenvalue weighted by atomic mass is 9.69. The minimum Gasteiger partial charge on any atom is -0.412 e. The van der Waals surface area contributed by atoms with Crippen LogP contribution >= 0.6 is 11.6 Å². The number of nitrogens with zero attached hydrogens (tertiary/aromatic N) is 1. The Morgan fingerprint density at radius 2 is 1.81 bits per heavy atom. The van der Waals surface area contributed by atoms with Crippen molar-refractivity contribution in [2.45, 2.75) is 72.2 Å². The fourth-order valence-electron chi connectivity index (χ4n) is 4.65. The molecule has 2 fully saturated rings. The molecule has 188 valence electrons. The number of halogens is 1. The van der Waals surface area contributed by atoms with Gasteiger partial charge in [-0.15, -0.1) is 11.6 Å². The summed E-state index contributed by atoms with van der Waals surface area (Å²) in [4.78, 5) is 2.65. The van der Waals surface area contributed by atoms with Crippen LogP contribution in [-0.4, -0.2) is 72.5 Å². The fourth-order valence-corrected chi connectivity index (χ4v) is 4.81. The van der Waals surface area contributed by atoms with Crippen LogP contribution in [0.4, 0.5) is 0 Å². The van der Waals surface area contributed by atoms with Gasteiger partial charge >= 0.3 is 0 Å². The Morgan fingerprint density at radius 1 is 1.19 bits per heavy atom. The number of likely N-dealkylation sites (tertiary alicyclic amines) is 1. The van der Waals surface area contributed by atoms with E-state index in [4.69, 9.17) is 11.6 Å². The van der Waals surface area contributed by atoms with E-state index in [1.807, 2.05) is 0 Å². The van der Waals surface area contributed by atoms with E-state index < -0.39 is 0 Å². The van der Waals surface area contributed by atoms with Crippen LogP contribution in [0.5, 0.6) is 0 Å². The predicted octanol–water partition coefficient (Wildman–Crippen LogP) is 2.60. The number of allylic oxidation sites excluding steroid dienone is 4. The Morgan fingerprint density at radius 3 is 2.19 bits per heavy atom. The molecule has 0 saturated carbocycles. The lowest BCUT2D eigenvalue weighted by molar-refractivity contribution is 0.0641. The van der Waals surface area contributed by atoms with Gasteiger partial charge in [0.1, 0.15) is 0 Å². The Hall–Kier alpha value is -0.470. The summed E-state index contributed by atoms with van der Waals surface area (Å²) in [7, 11) is 2.09. The molecule has 0 bridgehead atoms. The van der Waals surface area contributed by atoms with E-state index in [1.54, 1.807) is 0 Å². The average Bonchev–Trinajstić information content (AvgIpc) is 3.20. The van der Waals surface area contributed by atoms with E-state index >= 15 is 0 Å². The minimum absolute atomic E-state index is 0. The van der Waals surface area contributed by atoms with Gasteiger partial charge in [-0.3, -0.25) is 0 Å². The van der Waals surface area contributed by atoms with E-state index in [-0.39, 0.29) is 29.2 Å². The van der Waals surface area contributed by atoms with Gasteiger partial charge in [-0.05, 0) is 75.2 Å². The first-order valence-electron chi connectivity index (χ1n) is 11.0. The molecule has 2 unspecified atom stereocenters. The fraction of sp³-hybridized carbons (Fsp3) is 0.833. The molecular formula is C24H52ClN3O3. The highest BCUT2D eigenvalue weighted by atomic mass is 35.5. The van der Waals surface area contributed by atoms with E-state index in [0.717, 1.165) is 13.0 Å². The van der Waals surface area contributed by atoms with Crippen molar-refractivity contribution in [1.29, 1.82) is 0 Å². The molecule has 0 spiro atoms. The molecule has 0 radical (unpaired) electrons. The topological polar surface area (TPSA) is 122 Å². The highest BCUT2D eigenvalue weighted by molar-refractivity contribution is 6.22. The van der Waals surface area contributed by atoms with Crippen LogP contribution in [0.25, 0.3) is 0 Å². The zero-order chi connectivity index (χ0) is 19.9. The minimum atomic E-state index is 0. The predicted molar refractivity (Wildman–Crippen MR) is 137 cm³/mol. The second-order valence-electron chi connectivity index (χ2n) is 9.48. The maximum atomic E-state index is 6.17. The van der Waals surface area contributed by atoms with Gasteiger partial charge in [-0.1, -0.05) is 53.3 Å². The molecule has 7 heteroatoms. The summed E-state index contributed by atoms with van der Waals surface area (Å²) in [6, 6.07) is 0.582. The molecule has 0 aromatic carbocycles. The summed E-state index contributed by atoms with van der Waals surface area (Å²) in [6.45, 7) is 15.5. The SMILES string of the molecule is C.C1CCNC1.CN[C@@H](CN1CCC(C2=CCC(Cl)C=C2)C(C)(C)C1)C(C)C.O.O.O. The van der Waals surface area contributed by atoms with Gasteiger partial charge in [0, 0.05) is 19.1 Å². The molecule has 0 aromatic heterocycles. The highest BCUT2D eigenvalue weighted by Crippen LogP contribution is 2.41. The number of likely N-dealkylation sites (N-methyl/N-ethyl adjacent to an activating group) is 1. The lowest BCUT2D eigenvalue weighted by Crippen LogP contribution is -2.51. The van der Waals surface area contributed by atoms with Crippen LogP contribution in [0, 0.1) is 17.3 Å². The number of rotatable bonds is 5. The molecule has 2 aliphatic heterocycles. The monoisotopic (exact) mass is 465 g/mol. The van der Waals surface area contributed by atoms with Crippen molar-refractivity contribution in [3.8, 4) is 0 Å². The Balaban J connectivity index is -0.000000769. The van der Waals surface area contributed by atoms with Gasteiger partial charge in [-0.25, -0.2) is 0 Å². The molecule has 3 atom stereocenters. The van der Waals surface area contributed by atoms with Gasteiger partial charge in [-0.2, -0.15) is 0 Å². The molecular weight excluding hydrogens is 414 g/mol. The summed E-state index contributed by atoms with van der Waals surface area (Å²) >= 11 is 6.17.